The van der Waals surface area contributed by atoms with Crippen molar-refractivity contribution in [2.45, 2.75) is 37.6 Å². The molecule has 2 nitrogen and oxygen atoms in total. The van der Waals surface area contributed by atoms with E-state index in [9.17, 15) is 13.2 Å². The fraction of sp³-hybridized carbons (Fsp3) is 0.500. The molecule has 18 heavy (non-hydrogen) atoms. The highest BCUT2D eigenvalue weighted by atomic mass is 35.5. The van der Waals surface area contributed by atoms with Gasteiger partial charge in [-0.25, -0.2) is 0 Å². The minimum atomic E-state index is -4.64. The van der Waals surface area contributed by atoms with Gasteiger partial charge in [-0.05, 0) is 30.5 Å². The van der Waals surface area contributed by atoms with Gasteiger partial charge in [-0.2, -0.15) is 0 Å². The van der Waals surface area contributed by atoms with Crippen molar-refractivity contribution in [2.75, 3.05) is 0 Å². The summed E-state index contributed by atoms with van der Waals surface area (Å²) in [6.45, 7) is 2.02. The Kier molecular flexibility index (Phi) is 4.18. The molecule has 1 aliphatic carbocycles. The molecule has 0 heterocycles. The number of rotatable bonds is 3. The van der Waals surface area contributed by atoms with Gasteiger partial charge in [-0.3, -0.25) is 0 Å². The molecule has 0 aliphatic heterocycles. The maximum Gasteiger partial charge on any atom is 0.573 e. The molecular weight excluding hydrogens is 267 g/mol. The van der Waals surface area contributed by atoms with Gasteiger partial charge in [0.15, 0.2) is 0 Å². The van der Waals surface area contributed by atoms with Crippen LogP contribution in [0.5, 0.6) is 5.75 Å². The van der Waals surface area contributed by atoms with Crippen LogP contribution in [-0.2, 0) is 0 Å². The zero-order chi connectivity index (χ0) is 12.7. The number of halogens is 4. The molecule has 2 N–H and O–H groups in total. The Morgan fingerprint density at radius 3 is 2.28 bits per heavy atom. The smallest absolute Gasteiger partial charge is 0.406 e. The minimum Gasteiger partial charge on any atom is -0.406 e. The molecule has 0 radical (unpaired) electrons. The third-order valence-corrected chi connectivity index (χ3v) is 3.29. The normalized spacial score (nSPS) is 26.4. The van der Waals surface area contributed by atoms with Gasteiger partial charge in [0.05, 0.1) is 0 Å². The third kappa shape index (κ3) is 3.29. The van der Waals surface area contributed by atoms with E-state index >= 15 is 0 Å². The molecule has 0 amide bonds. The summed E-state index contributed by atoms with van der Waals surface area (Å²) in [4.78, 5) is 0. The Morgan fingerprint density at radius 1 is 1.33 bits per heavy atom. The molecular formula is C12H15ClF3NO. The van der Waals surface area contributed by atoms with Gasteiger partial charge in [0.25, 0.3) is 0 Å². The number of ether oxygens (including phenoxy) is 1. The fourth-order valence-corrected chi connectivity index (χ4v) is 2.06. The first-order valence-electron chi connectivity index (χ1n) is 5.49. The summed E-state index contributed by atoms with van der Waals surface area (Å²) in [5.74, 6) is 0.0634. The first kappa shape index (κ1) is 15.1. The third-order valence-electron chi connectivity index (χ3n) is 3.29. The average Bonchev–Trinajstić information content (AvgIpc) is 2.91. The highest BCUT2D eigenvalue weighted by molar-refractivity contribution is 5.85. The highest BCUT2D eigenvalue weighted by Gasteiger charge is 2.49. The monoisotopic (exact) mass is 281 g/mol. The van der Waals surface area contributed by atoms with E-state index < -0.39 is 6.36 Å². The minimum absolute atomic E-state index is 0. The predicted molar refractivity (Wildman–Crippen MR) is 64.9 cm³/mol. The van der Waals surface area contributed by atoms with Crippen molar-refractivity contribution in [1.29, 1.82) is 0 Å². The van der Waals surface area contributed by atoms with Gasteiger partial charge in [0.2, 0.25) is 0 Å². The second-order valence-electron chi connectivity index (χ2n) is 4.46. The Morgan fingerprint density at radius 2 is 1.89 bits per heavy atom. The molecule has 102 valence electrons. The number of benzene rings is 1. The Balaban J connectivity index is 0.00000162. The van der Waals surface area contributed by atoms with E-state index in [1.165, 1.54) is 12.1 Å². The summed E-state index contributed by atoms with van der Waals surface area (Å²) in [6, 6.07) is 5.96. The largest absolute Gasteiger partial charge is 0.573 e. The maximum absolute atomic E-state index is 11.9. The molecule has 0 spiro atoms. The molecule has 1 aliphatic rings. The van der Waals surface area contributed by atoms with Gasteiger partial charge in [-0.15, -0.1) is 25.6 Å². The lowest BCUT2D eigenvalue weighted by atomic mass is 10.0. The number of hydrogen-bond acceptors (Lipinski definition) is 2. The van der Waals surface area contributed by atoms with Crippen molar-refractivity contribution < 1.29 is 17.9 Å². The van der Waals surface area contributed by atoms with Crippen LogP contribution in [0, 0.1) is 0 Å². The number of hydrogen-bond donors (Lipinski definition) is 1. The second-order valence-corrected chi connectivity index (χ2v) is 4.46. The lowest BCUT2D eigenvalue weighted by molar-refractivity contribution is -0.274. The van der Waals surface area contributed by atoms with Crippen molar-refractivity contribution in [2.24, 2.45) is 5.73 Å². The molecule has 1 aromatic rings. The molecule has 2 rings (SSSR count). The van der Waals surface area contributed by atoms with Crippen LogP contribution in [0.2, 0.25) is 0 Å². The van der Waals surface area contributed by atoms with Crippen LogP contribution in [0.3, 0.4) is 0 Å². The van der Waals surface area contributed by atoms with E-state index in [4.69, 9.17) is 5.73 Å². The van der Waals surface area contributed by atoms with Crippen LogP contribution >= 0.6 is 12.4 Å². The van der Waals surface area contributed by atoms with E-state index in [1.54, 1.807) is 12.1 Å². The Labute approximate surface area is 110 Å². The number of alkyl halides is 3. The molecule has 0 unspecified atom stereocenters. The van der Waals surface area contributed by atoms with Gasteiger partial charge in [-0.1, -0.05) is 19.1 Å². The highest BCUT2D eigenvalue weighted by Crippen LogP contribution is 2.51. The first-order valence-corrected chi connectivity index (χ1v) is 5.49. The fourth-order valence-electron chi connectivity index (χ4n) is 2.06. The van der Waals surface area contributed by atoms with Crippen molar-refractivity contribution in [1.82, 2.24) is 0 Å². The van der Waals surface area contributed by atoms with E-state index in [1.807, 2.05) is 6.92 Å². The zero-order valence-corrected chi connectivity index (χ0v) is 10.6. The topological polar surface area (TPSA) is 35.2 Å². The van der Waals surface area contributed by atoms with Gasteiger partial charge >= 0.3 is 6.36 Å². The van der Waals surface area contributed by atoms with Crippen molar-refractivity contribution in [3.05, 3.63) is 29.8 Å². The second kappa shape index (κ2) is 4.97. The van der Waals surface area contributed by atoms with Crippen molar-refractivity contribution >= 4 is 12.4 Å². The number of nitrogens with two attached hydrogens (primary N) is 1. The van der Waals surface area contributed by atoms with Gasteiger partial charge in [0, 0.05) is 11.5 Å². The van der Waals surface area contributed by atoms with Crippen LogP contribution in [0.4, 0.5) is 13.2 Å². The van der Waals surface area contributed by atoms with Crippen molar-refractivity contribution in [3.63, 3.8) is 0 Å². The molecule has 0 aromatic heterocycles. The first-order chi connectivity index (χ1) is 7.84. The molecule has 0 bridgehead atoms. The standard InChI is InChI=1S/C12H14F3NO.ClH/c1-2-11(16)7-10(11)8-3-5-9(6-4-8)17-12(13,14)15;/h3-6,10H,2,7,16H2,1H3;1H/t10-,11+;/m1./s1. The molecule has 6 heteroatoms. The summed E-state index contributed by atoms with van der Waals surface area (Å²) in [7, 11) is 0. The van der Waals surface area contributed by atoms with Crippen LogP contribution < -0.4 is 10.5 Å². The van der Waals surface area contributed by atoms with Crippen LogP contribution in [-0.4, -0.2) is 11.9 Å². The predicted octanol–water partition coefficient (Wildman–Crippen LogP) is 3.60. The Bertz CT molecular complexity index is 407. The van der Waals surface area contributed by atoms with E-state index in [-0.39, 0.29) is 29.6 Å². The quantitative estimate of drug-likeness (QED) is 0.919. The zero-order valence-electron chi connectivity index (χ0n) is 9.83. The molecule has 1 saturated carbocycles. The van der Waals surface area contributed by atoms with Crippen LogP contribution in [0.15, 0.2) is 24.3 Å². The summed E-state index contributed by atoms with van der Waals surface area (Å²) >= 11 is 0. The summed E-state index contributed by atoms with van der Waals surface area (Å²) in [6.07, 6.45) is -2.87. The summed E-state index contributed by atoms with van der Waals surface area (Å²) < 4.78 is 39.6. The van der Waals surface area contributed by atoms with Crippen molar-refractivity contribution in [3.8, 4) is 5.75 Å². The van der Waals surface area contributed by atoms with E-state index in [2.05, 4.69) is 4.74 Å². The van der Waals surface area contributed by atoms with E-state index in [0.29, 0.717) is 0 Å². The van der Waals surface area contributed by atoms with E-state index in [0.717, 1.165) is 18.4 Å². The lowest BCUT2D eigenvalue weighted by Crippen LogP contribution is -2.22. The van der Waals surface area contributed by atoms with Crippen LogP contribution in [0.1, 0.15) is 31.2 Å². The molecule has 0 saturated heterocycles. The molecule has 1 fully saturated rings. The van der Waals surface area contributed by atoms with Crippen LogP contribution in [0.25, 0.3) is 0 Å². The van der Waals surface area contributed by atoms with Gasteiger partial charge < -0.3 is 10.5 Å². The average molecular weight is 282 g/mol. The summed E-state index contributed by atoms with van der Waals surface area (Å²) in [5, 5.41) is 0. The molecule has 1 aromatic carbocycles. The lowest BCUT2D eigenvalue weighted by Gasteiger charge is -2.10. The Hall–Kier alpha value is -0.940. The SMILES string of the molecule is CC[C@]1(N)C[C@@H]1c1ccc(OC(F)(F)F)cc1.Cl. The maximum atomic E-state index is 11.9. The summed E-state index contributed by atoms with van der Waals surface area (Å²) in [5.41, 5.74) is 6.85. The van der Waals surface area contributed by atoms with Gasteiger partial charge in [0.1, 0.15) is 5.75 Å². The molecule has 2 atom stereocenters.